The smallest absolute Gasteiger partial charge is 0.251 e. The normalized spacial score (nSPS) is 9.76. The molecule has 0 saturated heterocycles. The Morgan fingerprint density at radius 3 is 2.29 bits per heavy atom. The molecule has 0 fully saturated rings. The van der Waals surface area contributed by atoms with Crippen LogP contribution in [0.4, 0.5) is 0 Å². The molecule has 0 heterocycles. The fourth-order valence-corrected chi connectivity index (χ4v) is 1.28. The van der Waals surface area contributed by atoms with Gasteiger partial charge in [-0.2, -0.15) is 0 Å². The molecule has 2 amide bonds. The standard InChI is InChI=1S/C11H14ClN3O2/c12-9-3-1-8(2-4-9)11(17)15-6-5-14-10(16)7-13/h1-4H,5-7,13H2,(H,14,16)(H,15,17). The Balaban J connectivity index is 2.30. The van der Waals surface area contributed by atoms with Crippen LogP contribution in [0, 0.1) is 0 Å². The first-order valence-electron chi connectivity index (χ1n) is 5.14. The summed E-state index contributed by atoms with van der Waals surface area (Å²) in [7, 11) is 0. The van der Waals surface area contributed by atoms with Crippen molar-refractivity contribution in [2.45, 2.75) is 0 Å². The molecule has 0 radical (unpaired) electrons. The number of nitrogens with one attached hydrogen (secondary N) is 2. The molecular formula is C11H14ClN3O2. The molecular weight excluding hydrogens is 242 g/mol. The van der Waals surface area contributed by atoms with Crippen molar-refractivity contribution in [2.75, 3.05) is 19.6 Å². The Kier molecular flexibility index (Phi) is 5.45. The number of amides is 2. The van der Waals surface area contributed by atoms with E-state index in [4.69, 9.17) is 17.3 Å². The lowest BCUT2D eigenvalue weighted by molar-refractivity contribution is -0.119. The minimum Gasteiger partial charge on any atom is -0.353 e. The lowest BCUT2D eigenvalue weighted by Gasteiger charge is -2.06. The van der Waals surface area contributed by atoms with Gasteiger partial charge in [0.15, 0.2) is 0 Å². The Labute approximate surface area is 104 Å². The van der Waals surface area contributed by atoms with Crippen molar-refractivity contribution in [3.63, 3.8) is 0 Å². The summed E-state index contributed by atoms with van der Waals surface area (Å²) in [4.78, 5) is 22.4. The van der Waals surface area contributed by atoms with Gasteiger partial charge in [0.1, 0.15) is 0 Å². The van der Waals surface area contributed by atoms with Crippen LogP contribution in [0.25, 0.3) is 0 Å². The summed E-state index contributed by atoms with van der Waals surface area (Å²) in [5.41, 5.74) is 5.63. The number of nitrogens with two attached hydrogens (primary N) is 1. The summed E-state index contributed by atoms with van der Waals surface area (Å²) in [5.74, 6) is -0.450. The SMILES string of the molecule is NCC(=O)NCCNC(=O)c1ccc(Cl)cc1. The van der Waals surface area contributed by atoms with Gasteiger partial charge in [-0.25, -0.2) is 0 Å². The molecule has 0 aliphatic heterocycles. The molecule has 1 rings (SSSR count). The fraction of sp³-hybridized carbons (Fsp3) is 0.273. The van der Waals surface area contributed by atoms with Gasteiger partial charge < -0.3 is 16.4 Å². The maximum atomic E-state index is 11.6. The Hall–Kier alpha value is -1.59. The third-order valence-corrected chi connectivity index (χ3v) is 2.28. The zero-order chi connectivity index (χ0) is 12.7. The summed E-state index contributed by atoms with van der Waals surface area (Å²) in [6.07, 6.45) is 0. The van der Waals surface area contributed by atoms with Crippen LogP contribution in [0.1, 0.15) is 10.4 Å². The molecule has 1 aromatic carbocycles. The highest BCUT2D eigenvalue weighted by Crippen LogP contribution is 2.08. The predicted octanol–water partition coefficient (Wildman–Crippen LogP) is 0.145. The predicted molar refractivity (Wildman–Crippen MR) is 65.8 cm³/mol. The van der Waals surface area contributed by atoms with Gasteiger partial charge in [0.2, 0.25) is 5.91 Å². The number of hydrogen-bond donors (Lipinski definition) is 3. The van der Waals surface area contributed by atoms with Crippen LogP contribution in [-0.2, 0) is 4.79 Å². The van der Waals surface area contributed by atoms with Gasteiger partial charge in [-0.05, 0) is 24.3 Å². The molecule has 17 heavy (non-hydrogen) atoms. The minimum atomic E-state index is -0.245. The first-order chi connectivity index (χ1) is 8.13. The average molecular weight is 256 g/mol. The number of rotatable bonds is 5. The molecule has 4 N–H and O–H groups in total. The van der Waals surface area contributed by atoms with E-state index in [1.54, 1.807) is 24.3 Å². The highest BCUT2D eigenvalue weighted by atomic mass is 35.5. The van der Waals surface area contributed by atoms with Crippen molar-refractivity contribution in [3.8, 4) is 0 Å². The molecule has 0 aliphatic rings. The lowest BCUT2D eigenvalue weighted by Crippen LogP contribution is -2.37. The maximum Gasteiger partial charge on any atom is 0.251 e. The Bertz CT molecular complexity index is 392. The van der Waals surface area contributed by atoms with E-state index in [0.29, 0.717) is 23.7 Å². The number of benzene rings is 1. The van der Waals surface area contributed by atoms with E-state index in [2.05, 4.69) is 10.6 Å². The van der Waals surface area contributed by atoms with Crippen LogP contribution in [0.15, 0.2) is 24.3 Å². The van der Waals surface area contributed by atoms with Gasteiger partial charge in [0.25, 0.3) is 5.91 Å². The summed E-state index contributed by atoms with van der Waals surface area (Å²) >= 11 is 5.70. The van der Waals surface area contributed by atoms with Gasteiger partial charge in [-0.15, -0.1) is 0 Å². The van der Waals surface area contributed by atoms with Gasteiger partial charge >= 0.3 is 0 Å². The number of carbonyl (C=O) groups is 2. The van der Waals surface area contributed by atoms with Crippen LogP contribution in [0.2, 0.25) is 5.02 Å². The van der Waals surface area contributed by atoms with E-state index >= 15 is 0 Å². The second kappa shape index (κ2) is 6.88. The average Bonchev–Trinajstić information content (AvgIpc) is 2.34. The van der Waals surface area contributed by atoms with E-state index in [-0.39, 0.29) is 18.4 Å². The molecule has 0 spiro atoms. The molecule has 0 saturated carbocycles. The second-order valence-corrected chi connectivity index (χ2v) is 3.75. The minimum absolute atomic E-state index is 0.0505. The van der Waals surface area contributed by atoms with Gasteiger partial charge in [-0.1, -0.05) is 11.6 Å². The van der Waals surface area contributed by atoms with E-state index in [9.17, 15) is 9.59 Å². The molecule has 0 aromatic heterocycles. The van der Waals surface area contributed by atoms with Gasteiger partial charge in [-0.3, -0.25) is 9.59 Å². The van der Waals surface area contributed by atoms with Gasteiger partial charge in [0.05, 0.1) is 6.54 Å². The van der Waals surface area contributed by atoms with Crippen molar-refractivity contribution >= 4 is 23.4 Å². The van der Waals surface area contributed by atoms with Crippen molar-refractivity contribution in [1.82, 2.24) is 10.6 Å². The monoisotopic (exact) mass is 255 g/mol. The summed E-state index contributed by atoms with van der Waals surface area (Å²) < 4.78 is 0. The van der Waals surface area contributed by atoms with Crippen molar-refractivity contribution in [3.05, 3.63) is 34.9 Å². The zero-order valence-electron chi connectivity index (χ0n) is 9.20. The number of hydrogen-bond acceptors (Lipinski definition) is 3. The van der Waals surface area contributed by atoms with E-state index in [1.807, 2.05) is 0 Å². The van der Waals surface area contributed by atoms with Crippen molar-refractivity contribution < 1.29 is 9.59 Å². The van der Waals surface area contributed by atoms with E-state index in [1.165, 1.54) is 0 Å². The van der Waals surface area contributed by atoms with E-state index < -0.39 is 0 Å². The first-order valence-corrected chi connectivity index (χ1v) is 5.52. The van der Waals surface area contributed by atoms with E-state index in [0.717, 1.165) is 0 Å². The highest BCUT2D eigenvalue weighted by Gasteiger charge is 2.04. The molecule has 0 bridgehead atoms. The first kappa shape index (κ1) is 13.5. The fourth-order valence-electron chi connectivity index (χ4n) is 1.15. The van der Waals surface area contributed by atoms with Crippen LogP contribution in [0.3, 0.4) is 0 Å². The number of carbonyl (C=O) groups excluding carboxylic acids is 2. The topological polar surface area (TPSA) is 84.2 Å². The second-order valence-electron chi connectivity index (χ2n) is 3.32. The maximum absolute atomic E-state index is 11.6. The van der Waals surface area contributed by atoms with Crippen LogP contribution in [0.5, 0.6) is 0 Å². The molecule has 0 atom stereocenters. The molecule has 6 heteroatoms. The molecule has 5 nitrogen and oxygen atoms in total. The third kappa shape index (κ3) is 4.84. The quantitative estimate of drug-likeness (QED) is 0.655. The lowest BCUT2D eigenvalue weighted by atomic mass is 10.2. The van der Waals surface area contributed by atoms with Crippen molar-refractivity contribution in [1.29, 1.82) is 0 Å². The van der Waals surface area contributed by atoms with Crippen LogP contribution in [-0.4, -0.2) is 31.4 Å². The van der Waals surface area contributed by atoms with Gasteiger partial charge in [0, 0.05) is 23.7 Å². The van der Waals surface area contributed by atoms with Crippen LogP contribution >= 0.6 is 11.6 Å². The Morgan fingerprint density at radius 1 is 1.12 bits per heavy atom. The summed E-state index contributed by atoms with van der Waals surface area (Å²) in [6.45, 7) is 0.660. The zero-order valence-corrected chi connectivity index (χ0v) is 9.96. The molecule has 0 aliphatic carbocycles. The molecule has 0 unspecified atom stereocenters. The molecule has 1 aromatic rings. The third-order valence-electron chi connectivity index (χ3n) is 2.02. The molecule has 92 valence electrons. The largest absolute Gasteiger partial charge is 0.353 e. The van der Waals surface area contributed by atoms with Crippen LogP contribution < -0.4 is 16.4 Å². The highest BCUT2D eigenvalue weighted by molar-refractivity contribution is 6.30. The number of halogens is 1. The summed E-state index contributed by atoms with van der Waals surface area (Å²) in [6, 6.07) is 6.56. The summed E-state index contributed by atoms with van der Waals surface area (Å²) in [5, 5.41) is 5.79. The Morgan fingerprint density at radius 2 is 1.71 bits per heavy atom. The van der Waals surface area contributed by atoms with Crippen molar-refractivity contribution in [2.24, 2.45) is 5.73 Å².